The highest BCUT2D eigenvalue weighted by Gasteiger charge is 2.10. The average molecular weight is 286 g/mol. The Kier molecular flexibility index (Phi) is 3.42. The quantitative estimate of drug-likeness (QED) is 0.767. The second kappa shape index (κ2) is 5.38. The van der Waals surface area contributed by atoms with E-state index >= 15 is 0 Å². The minimum Gasteiger partial charge on any atom is -0.364 e. The van der Waals surface area contributed by atoms with Gasteiger partial charge in [0.25, 0.3) is 0 Å². The number of thiophene rings is 1. The molecule has 6 nitrogen and oxygen atoms in total. The Bertz CT molecular complexity index is 724. The summed E-state index contributed by atoms with van der Waals surface area (Å²) in [5.74, 6) is 1.44. The van der Waals surface area contributed by atoms with Crippen LogP contribution in [-0.4, -0.2) is 27.0 Å². The average Bonchev–Trinajstić information content (AvgIpc) is 2.86. The molecule has 20 heavy (non-hydrogen) atoms. The normalized spacial score (nSPS) is 10.7. The van der Waals surface area contributed by atoms with Gasteiger partial charge in [-0.05, 0) is 19.1 Å². The lowest BCUT2D eigenvalue weighted by Crippen LogP contribution is -2.06. The molecule has 0 bridgehead atoms. The molecule has 0 spiro atoms. The van der Waals surface area contributed by atoms with Crippen LogP contribution in [0.1, 0.15) is 10.6 Å². The minimum atomic E-state index is 0.604. The maximum Gasteiger partial charge on any atom is 0.225 e. The Hall–Kier alpha value is -2.28. The van der Waals surface area contributed by atoms with Crippen molar-refractivity contribution in [1.82, 2.24) is 19.9 Å². The van der Waals surface area contributed by atoms with Crippen molar-refractivity contribution < 1.29 is 0 Å². The Morgan fingerprint density at radius 2 is 2.20 bits per heavy atom. The summed E-state index contributed by atoms with van der Waals surface area (Å²) in [6, 6.07) is 3.98. The zero-order valence-electron chi connectivity index (χ0n) is 11.2. The van der Waals surface area contributed by atoms with Crippen molar-refractivity contribution in [2.24, 2.45) is 0 Å². The second-order valence-electron chi connectivity index (χ2n) is 4.28. The SMILES string of the molecule is CNc1nc(NCc2ccncn2)c2cc(C)sc2n1. The molecule has 0 aromatic carbocycles. The first kappa shape index (κ1) is 12.7. The van der Waals surface area contributed by atoms with Crippen LogP contribution in [0.15, 0.2) is 24.7 Å². The van der Waals surface area contributed by atoms with Gasteiger partial charge in [-0.15, -0.1) is 11.3 Å². The standard InChI is InChI=1S/C13H14N6S/c1-8-5-10-11(16-6-9-3-4-15-7-17-9)18-13(14-2)19-12(10)20-8/h3-5,7H,6H2,1-2H3,(H2,14,16,18,19). The van der Waals surface area contributed by atoms with Gasteiger partial charge in [0.15, 0.2) is 0 Å². The van der Waals surface area contributed by atoms with Crippen molar-refractivity contribution in [3.05, 3.63) is 35.2 Å². The van der Waals surface area contributed by atoms with E-state index in [1.54, 1.807) is 23.9 Å². The van der Waals surface area contributed by atoms with Crippen LogP contribution in [0.5, 0.6) is 0 Å². The van der Waals surface area contributed by atoms with Crippen molar-refractivity contribution in [3.8, 4) is 0 Å². The molecule has 0 fully saturated rings. The summed E-state index contributed by atoms with van der Waals surface area (Å²) in [4.78, 5) is 19.2. The van der Waals surface area contributed by atoms with Crippen molar-refractivity contribution in [2.75, 3.05) is 17.7 Å². The lowest BCUT2D eigenvalue weighted by Gasteiger charge is -2.08. The molecule has 3 rings (SSSR count). The van der Waals surface area contributed by atoms with Gasteiger partial charge in [-0.2, -0.15) is 4.98 Å². The molecule has 0 aliphatic carbocycles. The van der Waals surface area contributed by atoms with Crippen LogP contribution in [-0.2, 0) is 6.54 Å². The minimum absolute atomic E-state index is 0.604. The summed E-state index contributed by atoms with van der Waals surface area (Å²) < 4.78 is 0. The highest BCUT2D eigenvalue weighted by molar-refractivity contribution is 7.18. The highest BCUT2D eigenvalue weighted by atomic mass is 32.1. The number of nitrogens with one attached hydrogen (secondary N) is 2. The van der Waals surface area contributed by atoms with E-state index in [-0.39, 0.29) is 0 Å². The molecule has 0 saturated heterocycles. The molecule has 102 valence electrons. The smallest absolute Gasteiger partial charge is 0.225 e. The zero-order valence-corrected chi connectivity index (χ0v) is 12.0. The van der Waals surface area contributed by atoms with E-state index < -0.39 is 0 Å². The van der Waals surface area contributed by atoms with Crippen LogP contribution in [0, 0.1) is 6.92 Å². The molecule has 3 aromatic rings. The highest BCUT2D eigenvalue weighted by Crippen LogP contribution is 2.29. The Labute approximate surface area is 120 Å². The number of hydrogen-bond acceptors (Lipinski definition) is 7. The van der Waals surface area contributed by atoms with Gasteiger partial charge in [-0.3, -0.25) is 0 Å². The second-order valence-corrected chi connectivity index (χ2v) is 5.51. The molecule has 0 unspecified atom stereocenters. The van der Waals surface area contributed by atoms with Gasteiger partial charge in [0.1, 0.15) is 17.0 Å². The zero-order chi connectivity index (χ0) is 13.9. The maximum atomic E-state index is 4.48. The van der Waals surface area contributed by atoms with Crippen LogP contribution in [0.25, 0.3) is 10.2 Å². The van der Waals surface area contributed by atoms with Gasteiger partial charge < -0.3 is 10.6 Å². The fraction of sp³-hybridized carbons (Fsp3) is 0.231. The first-order valence-electron chi connectivity index (χ1n) is 6.21. The molecule has 0 aliphatic rings. The van der Waals surface area contributed by atoms with Crippen LogP contribution in [0.3, 0.4) is 0 Å². The Balaban J connectivity index is 1.93. The van der Waals surface area contributed by atoms with E-state index in [9.17, 15) is 0 Å². The predicted molar refractivity (Wildman–Crippen MR) is 81.1 cm³/mol. The van der Waals surface area contributed by atoms with Gasteiger partial charge in [-0.25, -0.2) is 15.0 Å². The molecular formula is C13H14N6S. The predicted octanol–water partition coefficient (Wildman–Crippen LogP) is 2.44. The summed E-state index contributed by atoms with van der Waals surface area (Å²) >= 11 is 1.66. The van der Waals surface area contributed by atoms with E-state index in [1.807, 2.05) is 13.1 Å². The molecule has 0 aliphatic heterocycles. The molecule has 0 amide bonds. The number of aryl methyl sites for hydroxylation is 1. The Morgan fingerprint density at radius 3 is 2.95 bits per heavy atom. The third-order valence-electron chi connectivity index (χ3n) is 2.82. The number of anilines is 2. The maximum absolute atomic E-state index is 4.48. The fourth-order valence-corrected chi connectivity index (χ4v) is 2.76. The van der Waals surface area contributed by atoms with E-state index in [1.165, 1.54) is 4.88 Å². The summed E-state index contributed by atoms with van der Waals surface area (Å²) in [5, 5.41) is 7.35. The molecule has 0 atom stereocenters. The van der Waals surface area contributed by atoms with E-state index in [0.717, 1.165) is 21.7 Å². The number of hydrogen-bond donors (Lipinski definition) is 2. The fourth-order valence-electron chi connectivity index (χ4n) is 1.89. The molecule has 2 N–H and O–H groups in total. The van der Waals surface area contributed by atoms with E-state index in [4.69, 9.17) is 0 Å². The first-order valence-corrected chi connectivity index (χ1v) is 7.02. The Morgan fingerprint density at radius 1 is 1.30 bits per heavy atom. The van der Waals surface area contributed by atoms with E-state index in [0.29, 0.717) is 12.5 Å². The third kappa shape index (κ3) is 2.53. The number of aromatic nitrogens is 4. The van der Waals surface area contributed by atoms with Crippen LogP contribution in [0.2, 0.25) is 0 Å². The lowest BCUT2D eigenvalue weighted by molar-refractivity contribution is 0.997. The number of rotatable bonds is 4. The van der Waals surface area contributed by atoms with Crippen molar-refractivity contribution >= 4 is 33.3 Å². The molecule has 3 aromatic heterocycles. The summed E-state index contributed by atoms with van der Waals surface area (Å²) in [7, 11) is 1.82. The summed E-state index contributed by atoms with van der Waals surface area (Å²) in [6.07, 6.45) is 3.27. The van der Waals surface area contributed by atoms with Crippen molar-refractivity contribution in [3.63, 3.8) is 0 Å². The van der Waals surface area contributed by atoms with Gasteiger partial charge in [0.2, 0.25) is 5.95 Å². The summed E-state index contributed by atoms with van der Waals surface area (Å²) in [5.41, 5.74) is 0.921. The molecule has 0 saturated carbocycles. The number of nitrogens with zero attached hydrogens (tertiary/aromatic N) is 4. The van der Waals surface area contributed by atoms with Crippen LogP contribution >= 0.6 is 11.3 Å². The third-order valence-corrected chi connectivity index (χ3v) is 3.76. The van der Waals surface area contributed by atoms with Crippen molar-refractivity contribution in [2.45, 2.75) is 13.5 Å². The first-order chi connectivity index (χ1) is 9.76. The number of fused-ring (bicyclic) bond motifs is 1. The van der Waals surface area contributed by atoms with Crippen molar-refractivity contribution in [1.29, 1.82) is 0 Å². The van der Waals surface area contributed by atoms with Gasteiger partial charge in [0, 0.05) is 18.1 Å². The lowest BCUT2D eigenvalue weighted by atomic mass is 10.3. The molecule has 0 radical (unpaired) electrons. The van der Waals surface area contributed by atoms with Gasteiger partial charge in [-0.1, -0.05) is 0 Å². The molecule has 3 heterocycles. The monoisotopic (exact) mass is 286 g/mol. The molecular weight excluding hydrogens is 272 g/mol. The topological polar surface area (TPSA) is 75.6 Å². The van der Waals surface area contributed by atoms with Gasteiger partial charge in [0.05, 0.1) is 17.6 Å². The van der Waals surface area contributed by atoms with Crippen LogP contribution in [0.4, 0.5) is 11.8 Å². The van der Waals surface area contributed by atoms with E-state index in [2.05, 4.69) is 43.6 Å². The van der Waals surface area contributed by atoms with Crippen LogP contribution < -0.4 is 10.6 Å². The largest absolute Gasteiger partial charge is 0.364 e. The molecule has 7 heteroatoms. The van der Waals surface area contributed by atoms with Gasteiger partial charge >= 0.3 is 0 Å². The summed E-state index contributed by atoms with van der Waals surface area (Å²) in [6.45, 7) is 2.67.